The SMILES string of the molecule is Cc1cc(C)c(C(=O)COC(=O)c2ccc3ncsc3c2)cc1C. The Kier molecular flexibility index (Phi) is 4.44. The molecular formula is C19H17NO3S. The van der Waals surface area contributed by atoms with Gasteiger partial charge in [-0.3, -0.25) is 4.79 Å². The molecule has 0 radical (unpaired) electrons. The highest BCUT2D eigenvalue weighted by atomic mass is 32.1. The number of benzene rings is 2. The van der Waals surface area contributed by atoms with Crippen LogP contribution in [0.25, 0.3) is 10.2 Å². The molecule has 3 rings (SSSR count). The van der Waals surface area contributed by atoms with Gasteiger partial charge in [-0.1, -0.05) is 6.07 Å². The molecule has 2 aromatic carbocycles. The number of fused-ring (bicyclic) bond motifs is 1. The van der Waals surface area contributed by atoms with E-state index in [2.05, 4.69) is 4.98 Å². The quantitative estimate of drug-likeness (QED) is 0.526. The maximum atomic E-state index is 12.4. The van der Waals surface area contributed by atoms with Crippen LogP contribution in [0.3, 0.4) is 0 Å². The Balaban J connectivity index is 1.71. The number of esters is 1. The third kappa shape index (κ3) is 3.21. The number of ketones is 1. The van der Waals surface area contributed by atoms with Crippen LogP contribution in [0.15, 0.2) is 35.8 Å². The number of Topliss-reactive ketones (excluding diaryl/α,β-unsaturated/α-hetero) is 1. The van der Waals surface area contributed by atoms with Gasteiger partial charge >= 0.3 is 5.97 Å². The van der Waals surface area contributed by atoms with E-state index in [0.29, 0.717) is 11.1 Å². The Hall–Kier alpha value is -2.53. The predicted octanol–water partition coefficient (Wildman–Crippen LogP) is 4.26. The van der Waals surface area contributed by atoms with E-state index in [9.17, 15) is 9.59 Å². The average Bonchev–Trinajstić information content (AvgIpc) is 3.03. The fraction of sp³-hybridized carbons (Fsp3) is 0.211. The number of aryl methyl sites for hydroxylation is 3. The minimum Gasteiger partial charge on any atom is -0.454 e. The number of carbonyl (C=O) groups excluding carboxylic acids is 2. The molecule has 0 N–H and O–H groups in total. The van der Waals surface area contributed by atoms with E-state index in [0.717, 1.165) is 26.9 Å². The summed E-state index contributed by atoms with van der Waals surface area (Å²) in [4.78, 5) is 28.7. The molecule has 122 valence electrons. The van der Waals surface area contributed by atoms with Gasteiger partial charge in [0.2, 0.25) is 5.78 Å². The summed E-state index contributed by atoms with van der Waals surface area (Å²) >= 11 is 1.46. The third-order valence-corrected chi connectivity index (χ3v) is 4.83. The molecule has 1 heterocycles. The number of thiazole rings is 1. The lowest BCUT2D eigenvalue weighted by atomic mass is 9.98. The summed E-state index contributed by atoms with van der Waals surface area (Å²) in [5.41, 5.74) is 6.68. The van der Waals surface area contributed by atoms with Crippen LogP contribution < -0.4 is 0 Å². The Bertz CT molecular complexity index is 943. The molecular weight excluding hydrogens is 322 g/mol. The van der Waals surface area contributed by atoms with Crippen LogP contribution in [-0.2, 0) is 4.74 Å². The minimum atomic E-state index is -0.500. The molecule has 4 nitrogen and oxygen atoms in total. The van der Waals surface area contributed by atoms with Gasteiger partial charge in [-0.15, -0.1) is 11.3 Å². The lowest BCUT2D eigenvalue weighted by Gasteiger charge is -2.09. The van der Waals surface area contributed by atoms with Crippen LogP contribution in [0, 0.1) is 20.8 Å². The number of rotatable bonds is 4. The first-order valence-electron chi connectivity index (χ1n) is 7.57. The van der Waals surface area contributed by atoms with Crippen molar-refractivity contribution in [1.82, 2.24) is 4.98 Å². The average molecular weight is 339 g/mol. The summed E-state index contributed by atoms with van der Waals surface area (Å²) in [7, 11) is 0. The fourth-order valence-corrected chi connectivity index (χ4v) is 3.25. The second-order valence-corrected chi connectivity index (χ2v) is 6.67. The van der Waals surface area contributed by atoms with E-state index < -0.39 is 5.97 Å². The van der Waals surface area contributed by atoms with Gasteiger partial charge in [-0.05, 0) is 61.7 Å². The van der Waals surface area contributed by atoms with Gasteiger partial charge in [-0.25, -0.2) is 9.78 Å². The Morgan fingerprint density at radius 1 is 1.04 bits per heavy atom. The normalized spacial score (nSPS) is 10.8. The summed E-state index contributed by atoms with van der Waals surface area (Å²) in [6.07, 6.45) is 0. The molecule has 0 aliphatic carbocycles. The van der Waals surface area contributed by atoms with E-state index >= 15 is 0 Å². The number of nitrogens with zero attached hydrogens (tertiary/aromatic N) is 1. The molecule has 1 aromatic heterocycles. The molecule has 0 atom stereocenters. The fourth-order valence-electron chi connectivity index (χ4n) is 2.54. The lowest BCUT2D eigenvalue weighted by Crippen LogP contribution is -2.15. The molecule has 0 saturated carbocycles. The zero-order chi connectivity index (χ0) is 17.3. The highest BCUT2D eigenvalue weighted by Crippen LogP contribution is 2.20. The third-order valence-electron chi connectivity index (χ3n) is 4.04. The van der Waals surface area contributed by atoms with E-state index in [1.165, 1.54) is 11.3 Å². The van der Waals surface area contributed by atoms with Crippen molar-refractivity contribution in [2.45, 2.75) is 20.8 Å². The second kappa shape index (κ2) is 6.53. The van der Waals surface area contributed by atoms with Crippen molar-refractivity contribution in [2.75, 3.05) is 6.61 Å². The maximum absolute atomic E-state index is 12.4. The molecule has 24 heavy (non-hydrogen) atoms. The molecule has 3 aromatic rings. The minimum absolute atomic E-state index is 0.192. The molecule has 0 fully saturated rings. The first kappa shape index (κ1) is 16.3. The van der Waals surface area contributed by atoms with Crippen molar-refractivity contribution in [3.63, 3.8) is 0 Å². The Labute approximate surface area is 144 Å². The summed E-state index contributed by atoms with van der Waals surface area (Å²) < 4.78 is 6.11. The van der Waals surface area contributed by atoms with Gasteiger partial charge in [0.05, 0.1) is 21.3 Å². The van der Waals surface area contributed by atoms with Crippen molar-refractivity contribution in [3.05, 3.63) is 63.7 Å². The van der Waals surface area contributed by atoms with E-state index in [4.69, 9.17) is 4.74 Å². The van der Waals surface area contributed by atoms with Gasteiger partial charge in [0, 0.05) is 5.56 Å². The van der Waals surface area contributed by atoms with Crippen LogP contribution in [-0.4, -0.2) is 23.3 Å². The highest BCUT2D eigenvalue weighted by Gasteiger charge is 2.15. The number of hydrogen-bond acceptors (Lipinski definition) is 5. The maximum Gasteiger partial charge on any atom is 0.338 e. The number of ether oxygens (including phenoxy) is 1. The zero-order valence-electron chi connectivity index (χ0n) is 13.8. The largest absolute Gasteiger partial charge is 0.454 e. The number of carbonyl (C=O) groups is 2. The van der Waals surface area contributed by atoms with E-state index in [-0.39, 0.29) is 12.4 Å². The van der Waals surface area contributed by atoms with E-state index in [1.807, 2.05) is 32.9 Å². The van der Waals surface area contributed by atoms with Crippen LogP contribution in [0.4, 0.5) is 0 Å². The van der Waals surface area contributed by atoms with Crippen molar-refractivity contribution < 1.29 is 14.3 Å². The van der Waals surface area contributed by atoms with Gasteiger partial charge in [0.15, 0.2) is 6.61 Å². The Morgan fingerprint density at radius 3 is 2.58 bits per heavy atom. The first-order valence-corrected chi connectivity index (χ1v) is 8.45. The number of aromatic nitrogens is 1. The van der Waals surface area contributed by atoms with Crippen LogP contribution in [0.5, 0.6) is 0 Å². The molecule has 0 spiro atoms. The van der Waals surface area contributed by atoms with Crippen LogP contribution in [0.2, 0.25) is 0 Å². The van der Waals surface area contributed by atoms with E-state index in [1.54, 1.807) is 23.7 Å². The smallest absolute Gasteiger partial charge is 0.338 e. The lowest BCUT2D eigenvalue weighted by molar-refractivity contribution is 0.0474. The Morgan fingerprint density at radius 2 is 1.79 bits per heavy atom. The summed E-state index contributed by atoms with van der Waals surface area (Å²) in [5, 5.41) is 0. The second-order valence-electron chi connectivity index (χ2n) is 5.79. The molecule has 0 bridgehead atoms. The van der Waals surface area contributed by atoms with Crippen molar-refractivity contribution in [2.24, 2.45) is 0 Å². The van der Waals surface area contributed by atoms with Crippen molar-refractivity contribution >= 4 is 33.3 Å². The molecule has 0 aliphatic rings. The monoisotopic (exact) mass is 339 g/mol. The number of hydrogen-bond donors (Lipinski definition) is 0. The van der Waals surface area contributed by atoms with Gasteiger partial charge in [0.1, 0.15) is 0 Å². The van der Waals surface area contributed by atoms with Gasteiger partial charge in [0.25, 0.3) is 0 Å². The van der Waals surface area contributed by atoms with Crippen LogP contribution in [0.1, 0.15) is 37.4 Å². The predicted molar refractivity (Wildman–Crippen MR) is 94.9 cm³/mol. The molecule has 0 unspecified atom stereocenters. The van der Waals surface area contributed by atoms with Gasteiger partial charge < -0.3 is 4.74 Å². The molecule has 0 amide bonds. The molecule has 0 aliphatic heterocycles. The standard InChI is InChI=1S/C19H17NO3S/c1-11-6-13(3)15(7-12(11)2)17(21)9-23-19(22)14-4-5-16-18(8-14)24-10-20-16/h4-8,10H,9H2,1-3H3. The molecule has 0 saturated heterocycles. The highest BCUT2D eigenvalue weighted by molar-refractivity contribution is 7.16. The summed E-state index contributed by atoms with van der Waals surface area (Å²) in [6, 6.07) is 9.00. The summed E-state index contributed by atoms with van der Waals surface area (Å²) in [6.45, 7) is 5.59. The topological polar surface area (TPSA) is 56.3 Å². The zero-order valence-corrected chi connectivity index (χ0v) is 14.6. The van der Waals surface area contributed by atoms with Gasteiger partial charge in [-0.2, -0.15) is 0 Å². The van der Waals surface area contributed by atoms with Crippen molar-refractivity contribution in [1.29, 1.82) is 0 Å². The summed E-state index contributed by atoms with van der Waals surface area (Å²) in [5.74, 6) is -0.692. The molecule has 5 heteroatoms. The van der Waals surface area contributed by atoms with Crippen LogP contribution >= 0.6 is 11.3 Å². The van der Waals surface area contributed by atoms with Crippen molar-refractivity contribution in [3.8, 4) is 0 Å². The first-order chi connectivity index (χ1) is 11.5.